The summed E-state index contributed by atoms with van der Waals surface area (Å²) in [4.78, 5) is 5.96. The van der Waals surface area contributed by atoms with E-state index >= 15 is 0 Å². The highest BCUT2D eigenvalue weighted by Crippen LogP contribution is 2.39. The standard InChI is InChI=1S/C23H21N5S2/c1-15-7-9-17(10-8-15)21-16(2)29-14-19(21)22-25-26-23(27(22)3)30-13-18-12-28-11-5-4-6-20(28)24-18/h4-12,14H,13H2,1-3H3. The van der Waals surface area contributed by atoms with Crippen LogP contribution in [0, 0.1) is 13.8 Å². The van der Waals surface area contributed by atoms with Gasteiger partial charge in [-0.3, -0.25) is 0 Å². The van der Waals surface area contributed by atoms with Gasteiger partial charge < -0.3 is 8.97 Å². The van der Waals surface area contributed by atoms with Crippen LogP contribution in [0.15, 0.2) is 65.4 Å². The molecule has 0 bridgehead atoms. The Morgan fingerprint density at radius 3 is 2.67 bits per heavy atom. The topological polar surface area (TPSA) is 48.0 Å². The quantitative estimate of drug-likeness (QED) is 0.332. The molecule has 0 aliphatic carbocycles. The van der Waals surface area contributed by atoms with Gasteiger partial charge in [-0.25, -0.2) is 4.98 Å². The van der Waals surface area contributed by atoms with Crippen LogP contribution in [0.1, 0.15) is 16.1 Å². The fraction of sp³-hybridized carbons (Fsp3) is 0.174. The second kappa shape index (κ2) is 7.74. The third-order valence-corrected chi connectivity index (χ3v) is 7.12. The van der Waals surface area contributed by atoms with Crippen molar-refractivity contribution in [2.24, 2.45) is 7.05 Å². The van der Waals surface area contributed by atoms with Crippen molar-refractivity contribution < 1.29 is 0 Å². The lowest BCUT2D eigenvalue weighted by molar-refractivity contribution is 0.794. The van der Waals surface area contributed by atoms with Crippen molar-refractivity contribution in [2.75, 3.05) is 0 Å². The van der Waals surface area contributed by atoms with Crippen LogP contribution >= 0.6 is 23.1 Å². The Labute approximate surface area is 183 Å². The second-order valence-electron chi connectivity index (χ2n) is 7.30. The van der Waals surface area contributed by atoms with Crippen molar-refractivity contribution in [2.45, 2.75) is 24.8 Å². The predicted octanol–water partition coefficient (Wildman–Crippen LogP) is 5.77. The van der Waals surface area contributed by atoms with Crippen LogP contribution in [-0.4, -0.2) is 24.1 Å². The van der Waals surface area contributed by atoms with Gasteiger partial charge in [0.1, 0.15) is 5.65 Å². The third-order valence-electron chi connectivity index (χ3n) is 5.15. The van der Waals surface area contributed by atoms with Gasteiger partial charge in [0.15, 0.2) is 11.0 Å². The van der Waals surface area contributed by atoms with Crippen molar-refractivity contribution in [1.29, 1.82) is 0 Å². The zero-order valence-electron chi connectivity index (χ0n) is 17.0. The van der Waals surface area contributed by atoms with Crippen molar-refractivity contribution >= 4 is 28.7 Å². The maximum absolute atomic E-state index is 4.67. The average molecular weight is 432 g/mol. The molecular weight excluding hydrogens is 410 g/mol. The van der Waals surface area contributed by atoms with E-state index in [-0.39, 0.29) is 0 Å². The maximum atomic E-state index is 4.67. The highest BCUT2D eigenvalue weighted by molar-refractivity contribution is 7.98. The first-order valence-electron chi connectivity index (χ1n) is 9.70. The molecule has 0 saturated carbocycles. The molecule has 5 rings (SSSR count). The lowest BCUT2D eigenvalue weighted by atomic mass is 10.0. The van der Waals surface area contributed by atoms with E-state index in [0.29, 0.717) is 0 Å². The first kappa shape index (κ1) is 19.1. The minimum atomic E-state index is 0.751. The number of fused-ring (bicyclic) bond motifs is 1. The molecule has 30 heavy (non-hydrogen) atoms. The number of imidazole rings is 1. The SMILES string of the molecule is Cc1ccc(-c2c(-c3nnc(SCc4cn5ccccc5n4)n3C)csc2C)cc1. The Morgan fingerprint density at radius 1 is 1.03 bits per heavy atom. The van der Waals surface area contributed by atoms with Crippen molar-refractivity contribution in [3.63, 3.8) is 0 Å². The van der Waals surface area contributed by atoms with Gasteiger partial charge in [-0.05, 0) is 31.5 Å². The zero-order chi connectivity index (χ0) is 20.7. The maximum Gasteiger partial charge on any atom is 0.191 e. The van der Waals surface area contributed by atoms with E-state index in [1.54, 1.807) is 23.1 Å². The first-order valence-corrected chi connectivity index (χ1v) is 11.6. The van der Waals surface area contributed by atoms with Gasteiger partial charge in [-0.2, -0.15) is 0 Å². The van der Waals surface area contributed by atoms with Crippen molar-refractivity contribution in [3.05, 3.63) is 76.4 Å². The number of benzene rings is 1. The zero-order valence-corrected chi connectivity index (χ0v) is 18.7. The molecule has 0 saturated heterocycles. The number of aromatic nitrogens is 5. The van der Waals surface area contributed by atoms with Gasteiger partial charge in [-0.15, -0.1) is 21.5 Å². The molecule has 0 aliphatic rings. The minimum absolute atomic E-state index is 0.751. The molecule has 7 heteroatoms. The molecule has 4 heterocycles. The largest absolute Gasteiger partial charge is 0.307 e. The van der Waals surface area contributed by atoms with E-state index in [9.17, 15) is 0 Å². The van der Waals surface area contributed by atoms with E-state index in [1.807, 2.05) is 35.8 Å². The summed E-state index contributed by atoms with van der Waals surface area (Å²) in [6.45, 7) is 4.28. The first-order chi connectivity index (χ1) is 14.6. The van der Waals surface area contributed by atoms with Crippen LogP contribution in [0.2, 0.25) is 0 Å². The number of hydrogen-bond donors (Lipinski definition) is 0. The van der Waals surface area contributed by atoms with Gasteiger partial charge >= 0.3 is 0 Å². The van der Waals surface area contributed by atoms with Crippen LogP contribution in [0.25, 0.3) is 28.2 Å². The summed E-state index contributed by atoms with van der Waals surface area (Å²) in [6, 6.07) is 14.7. The Morgan fingerprint density at radius 2 is 1.87 bits per heavy atom. The molecular formula is C23H21N5S2. The molecule has 0 amide bonds. The van der Waals surface area contributed by atoms with Crippen LogP contribution in [0.4, 0.5) is 0 Å². The van der Waals surface area contributed by atoms with Gasteiger partial charge in [0.25, 0.3) is 0 Å². The Hall–Kier alpha value is -2.90. The highest BCUT2D eigenvalue weighted by Gasteiger charge is 2.19. The van der Waals surface area contributed by atoms with Crippen LogP contribution in [0.5, 0.6) is 0 Å². The molecule has 0 fully saturated rings. The molecule has 0 unspecified atom stereocenters. The summed E-state index contributed by atoms with van der Waals surface area (Å²) in [7, 11) is 2.03. The van der Waals surface area contributed by atoms with E-state index < -0.39 is 0 Å². The third kappa shape index (κ3) is 3.44. The van der Waals surface area contributed by atoms with Gasteiger partial charge in [0, 0.05) is 46.6 Å². The summed E-state index contributed by atoms with van der Waals surface area (Å²) >= 11 is 3.41. The molecule has 0 spiro atoms. The van der Waals surface area contributed by atoms with E-state index in [1.165, 1.54) is 21.6 Å². The van der Waals surface area contributed by atoms with Crippen LogP contribution < -0.4 is 0 Å². The lowest BCUT2D eigenvalue weighted by Crippen LogP contribution is -1.96. The average Bonchev–Trinajstić information content (AvgIpc) is 3.43. The number of nitrogens with zero attached hydrogens (tertiary/aromatic N) is 5. The molecule has 0 radical (unpaired) electrons. The Bertz CT molecular complexity index is 1290. The molecule has 0 atom stereocenters. The monoisotopic (exact) mass is 431 g/mol. The normalized spacial score (nSPS) is 11.4. The van der Waals surface area contributed by atoms with Gasteiger partial charge in [0.05, 0.1) is 5.69 Å². The highest BCUT2D eigenvalue weighted by atomic mass is 32.2. The second-order valence-corrected chi connectivity index (χ2v) is 9.33. The summed E-state index contributed by atoms with van der Waals surface area (Å²) in [5, 5.41) is 12.1. The molecule has 150 valence electrons. The van der Waals surface area contributed by atoms with E-state index in [0.717, 1.165) is 33.6 Å². The minimum Gasteiger partial charge on any atom is -0.307 e. The van der Waals surface area contributed by atoms with Crippen molar-refractivity contribution in [1.82, 2.24) is 24.1 Å². The summed E-state index contributed by atoms with van der Waals surface area (Å²) in [6.07, 6.45) is 4.08. The molecule has 0 aliphatic heterocycles. The molecule has 5 aromatic rings. The lowest BCUT2D eigenvalue weighted by Gasteiger charge is -2.07. The molecule has 0 N–H and O–H groups in total. The summed E-state index contributed by atoms with van der Waals surface area (Å²) in [5.41, 5.74) is 6.85. The van der Waals surface area contributed by atoms with E-state index in [2.05, 4.69) is 69.4 Å². The Kier molecular flexibility index (Phi) is 4.92. The molecule has 4 aromatic heterocycles. The number of rotatable bonds is 5. The predicted molar refractivity (Wildman–Crippen MR) is 124 cm³/mol. The summed E-state index contributed by atoms with van der Waals surface area (Å²) < 4.78 is 4.12. The number of hydrogen-bond acceptors (Lipinski definition) is 5. The fourth-order valence-electron chi connectivity index (χ4n) is 3.57. The van der Waals surface area contributed by atoms with E-state index in [4.69, 9.17) is 0 Å². The number of aryl methyl sites for hydroxylation is 2. The number of thiophene rings is 1. The molecule has 1 aromatic carbocycles. The smallest absolute Gasteiger partial charge is 0.191 e. The Balaban J connectivity index is 1.43. The number of thioether (sulfide) groups is 1. The van der Waals surface area contributed by atoms with Crippen LogP contribution in [-0.2, 0) is 12.8 Å². The van der Waals surface area contributed by atoms with Crippen molar-refractivity contribution in [3.8, 4) is 22.5 Å². The van der Waals surface area contributed by atoms with Gasteiger partial charge in [-0.1, -0.05) is 47.7 Å². The summed E-state index contributed by atoms with van der Waals surface area (Å²) in [5.74, 6) is 1.65. The fourth-order valence-corrected chi connectivity index (χ4v) is 5.23. The van der Waals surface area contributed by atoms with Gasteiger partial charge in [0.2, 0.25) is 0 Å². The van der Waals surface area contributed by atoms with Crippen LogP contribution in [0.3, 0.4) is 0 Å². The molecule has 5 nitrogen and oxygen atoms in total. The number of pyridine rings is 1.